The van der Waals surface area contributed by atoms with E-state index in [0.29, 0.717) is 10.7 Å². The van der Waals surface area contributed by atoms with Crippen molar-refractivity contribution in [1.29, 1.82) is 5.26 Å². The molecule has 136 valence electrons. The fourth-order valence-corrected chi connectivity index (χ4v) is 2.59. The van der Waals surface area contributed by atoms with Crippen molar-refractivity contribution in [2.45, 2.75) is 6.92 Å². The molecule has 1 amide bonds. The smallest absolute Gasteiger partial charge is 0.343 e. The Labute approximate surface area is 159 Å². The Balaban J connectivity index is 1.70. The molecule has 8 heteroatoms. The first kappa shape index (κ1) is 18.3. The Bertz CT molecular complexity index is 1010. The second-order valence-electron chi connectivity index (χ2n) is 5.55. The fourth-order valence-electron chi connectivity index (χ4n) is 2.46. The summed E-state index contributed by atoms with van der Waals surface area (Å²) in [6, 6.07) is 12.0. The molecular formula is C19H14ClN3O4. The molecule has 0 aliphatic rings. The van der Waals surface area contributed by atoms with Crippen LogP contribution in [-0.4, -0.2) is 23.1 Å². The minimum absolute atomic E-state index is 0.000456. The number of furan rings is 1. The first-order valence-corrected chi connectivity index (χ1v) is 8.26. The molecule has 0 aliphatic carbocycles. The monoisotopic (exact) mass is 383 g/mol. The van der Waals surface area contributed by atoms with Gasteiger partial charge in [0.15, 0.2) is 6.61 Å². The summed E-state index contributed by atoms with van der Waals surface area (Å²) in [7, 11) is 0. The van der Waals surface area contributed by atoms with Gasteiger partial charge in [0.1, 0.15) is 23.0 Å². The number of carbonyl (C=O) groups excluding carboxylic acids is 2. The molecule has 0 saturated carbocycles. The molecule has 2 heterocycles. The van der Waals surface area contributed by atoms with Gasteiger partial charge in [-0.15, -0.1) is 0 Å². The van der Waals surface area contributed by atoms with Crippen LogP contribution in [0.1, 0.15) is 21.7 Å². The Morgan fingerprint density at radius 3 is 2.56 bits per heavy atom. The number of rotatable bonds is 5. The van der Waals surface area contributed by atoms with Crippen LogP contribution in [0.5, 0.6) is 0 Å². The summed E-state index contributed by atoms with van der Waals surface area (Å²) in [6.07, 6.45) is 3.38. The largest absolute Gasteiger partial charge is 0.452 e. The van der Waals surface area contributed by atoms with Crippen LogP contribution in [0.3, 0.4) is 0 Å². The van der Waals surface area contributed by atoms with Crippen molar-refractivity contribution in [2.75, 3.05) is 11.9 Å². The number of amides is 1. The summed E-state index contributed by atoms with van der Waals surface area (Å²) >= 11 is 5.78. The lowest BCUT2D eigenvalue weighted by molar-refractivity contribution is -0.119. The lowest BCUT2D eigenvalue weighted by atomic mass is 10.1. The Morgan fingerprint density at radius 2 is 1.93 bits per heavy atom. The minimum atomic E-state index is -0.808. The van der Waals surface area contributed by atoms with E-state index < -0.39 is 18.5 Å². The van der Waals surface area contributed by atoms with E-state index in [4.69, 9.17) is 20.8 Å². The lowest BCUT2D eigenvalue weighted by Crippen LogP contribution is -2.21. The van der Waals surface area contributed by atoms with E-state index >= 15 is 0 Å². The zero-order chi connectivity index (χ0) is 19.4. The average Bonchev–Trinajstić information content (AvgIpc) is 3.29. The van der Waals surface area contributed by atoms with Crippen molar-refractivity contribution in [3.05, 3.63) is 70.7 Å². The molecule has 1 aromatic carbocycles. The molecule has 0 aliphatic heterocycles. The number of halogens is 1. The number of ether oxygens (including phenoxy) is 1. The van der Waals surface area contributed by atoms with Crippen molar-refractivity contribution in [2.24, 2.45) is 0 Å². The van der Waals surface area contributed by atoms with Crippen LogP contribution in [-0.2, 0) is 9.53 Å². The van der Waals surface area contributed by atoms with E-state index in [1.54, 1.807) is 60.3 Å². The van der Waals surface area contributed by atoms with E-state index in [1.807, 2.05) is 6.07 Å². The maximum atomic E-state index is 12.4. The average molecular weight is 384 g/mol. The van der Waals surface area contributed by atoms with Crippen LogP contribution >= 0.6 is 11.6 Å². The first-order chi connectivity index (χ1) is 13.0. The number of anilines is 1. The maximum Gasteiger partial charge on any atom is 0.343 e. The highest BCUT2D eigenvalue weighted by molar-refractivity contribution is 6.30. The highest BCUT2D eigenvalue weighted by atomic mass is 35.5. The van der Waals surface area contributed by atoms with Gasteiger partial charge in [-0.2, -0.15) is 5.26 Å². The van der Waals surface area contributed by atoms with E-state index in [-0.39, 0.29) is 22.8 Å². The summed E-state index contributed by atoms with van der Waals surface area (Å²) in [4.78, 5) is 24.3. The molecule has 0 fully saturated rings. The van der Waals surface area contributed by atoms with Gasteiger partial charge in [0, 0.05) is 23.1 Å². The van der Waals surface area contributed by atoms with Gasteiger partial charge in [-0.1, -0.05) is 11.6 Å². The predicted octanol–water partition coefficient (Wildman–Crippen LogP) is 3.70. The fraction of sp³-hybridized carbons (Fsp3) is 0.105. The van der Waals surface area contributed by atoms with Crippen molar-refractivity contribution in [3.8, 4) is 12.0 Å². The van der Waals surface area contributed by atoms with Crippen LogP contribution in [0.2, 0.25) is 5.02 Å². The lowest BCUT2D eigenvalue weighted by Gasteiger charge is -2.06. The summed E-state index contributed by atoms with van der Waals surface area (Å²) in [5.41, 5.74) is 0.569. The Kier molecular flexibility index (Phi) is 5.29. The predicted molar refractivity (Wildman–Crippen MR) is 97.9 cm³/mol. The van der Waals surface area contributed by atoms with Gasteiger partial charge >= 0.3 is 5.97 Å². The van der Waals surface area contributed by atoms with Crippen molar-refractivity contribution < 1.29 is 18.7 Å². The third-order valence-electron chi connectivity index (χ3n) is 3.68. The molecule has 27 heavy (non-hydrogen) atoms. The Morgan fingerprint density at radius 1 is 1.26 bits per heavy atom. The first-order valence-electron chi connectivity index (χ1n) is 7.89. The molecule has 1 N–H and O–H groups in total. The van der Waals surface area contributed by atoms with E-state index in [0.717, 1.165) is 0 Å². The number of hydrogen-bond acceptors (Lipinski definition) is 5. The normalized spacial score (nSPS) is 10.3. The summed E-state index contributed by atoms with van der Waals surface area (Å²) in [6.45, 7) is 1.05. The topological polar surface area (TPSA) is 97.3 Å². The van der Waals surface area contributed by atoms with Gasteiger partial charge in [0.05, 0.1) is 0 Å². The summed E-state index contributed by atoms with van der Waals surface area (Å²) < 4.78 is 12.2. The van der Waals surface area contributed by atoms with E-state index in [9.17, 15) is 14.9 Å². The highest BCUT2D eigenvalue weighted by Gasteiger charge is 2.26. The number of esters is 1. The SMILES string of the molecule is Cc1oc(-n2cccc2)c(C#N)c1C(=O)OCC(=O)Nc1ccc(Cl)cc1. The molecule has 0 atom stereocenters. The van der Waals surface area contributed by atoms with Crippen LogP contribution in [0.15, 0.2) is 53.2 Å². The molecular weight excluding hydrogens is 370 g/mol. The highest BCUT2D eigenvalue weighted by Crippen LogP contribution is 2.26. The second kappa shape index (κ2) is 7.81. The number of nitrogens with one attached hydrogen (secondary N) is 1. The summed E-state index contributed by atoms with van der Waals surface area (Å²) in [5, 5.41) is 12.6. The zero-order valence-corrected chi connectivity index (χ0v) is 15.0. The van der Waals surface area contributed by atoms with E-state index in [1.165, 1.54) is 0 Å². The number of nitriles is 1. The molecule has 2 aromatic heterocycles. The number of hydrogen-bond donors (Lipinski definition) is 1. The van der Waals surface area contributed by atoms with Gasteiger partial charge in [0.25, 0.3) is 5.91 Å². The number of benzene rings is 1. The van der Waals surface area contributed by atoms with Gasteiger partial charge in [-0.3, -0.25) is 9.36 Å². The van der Waals surface area contributed by atoms with Crippen molar-refractivity contribution in [1.82, 2.24) is 4.57 Å². The van der Waals surface area contributed by atoms with Gasteiger partial charge in [0.2, 0.25) is 5.88 Å². The minimum Gasteiger partial charge on any atom is -0.452 e. The van der Waals surface area contributed by atoms with E-state index in [2.05, 4.69) is 5.32 Å². The van der Waals surface area contributed by atoms with Crippen LogP contribution in [0, 0.1) is 18.3 Å². The van der Waals surface area contributed by atoms with Crippen molar-refractivity contribution in [3.63, 3.8) is 0 Å². The number of aromatic nitrogens is 1. The number of aryl methyl sites for hydroxylation is 1. The standard InChI is InChI=1S/C19H14ClN3O4/c1-12-17(15(10-21)18(27-12)23-8-2-3-9-23)19(25)26-11-16(24)22-14-6-4-13(20)5-7-14/h2-9H,11H2,1H3,(H,22,24). The molecule has 3 rings (SSSR count). The molecule has 7 nitrogen and oxygen atoms in total. The molecule has 0 saturated heterocycles. The molecule has 0 spiro atoms. The molecule has 0 bridgehead atoms. The zero-order valence-electron chi connectivity index (χ0n) is 14.2. The van der Waals surface area contributed by atoms with Gasteiger partial charge in [-0.05, 0) is 43.3 Å². The second-order valence-corrected chi connectivity index (χ2v) is 5.98. The maximum absolute atomic E-state index is 12.4. The third kappa shape index (κ3) is 4.02. The van der Waals surface area contributed by atoms with Crippen LogP contribution in [0.4, 0.5) is 5.69 Å². The Hall–Kier alpha value is -3.50. The van der Waals surface area contributed by atoms with Crippen LogP contribution in [0.25, 0.3) is 5.88 Å². The number of nitrogens with zero attached hydrogens (tertiary/aromatic N) is 2. The molecule has 0 radical (unpaired) electrons. The van der Waals surface area contributed by atoms with Gasteiger partial charge < -0.3 is 14.5 Å². The quantitative estimate of drug-likeness (QED) is 0.677. The molecule has 0 unspecified atom stereocenters. The molecule has 3 aromatic rings. The van der Waals surface area contributed by atoms with Crippen molar-refractivity contribution >= 4 is 29.2 Å². The third-order valence-corrected chi connectivity index (χ3v) is 3.93. The number of carbonyl (C=O) groups is 2. The summed E-state index contributed by atoms with van der Waals surface area (Å²) in [5.74, 6) is -0.871. The van der Waals surface area contributed by atoms with Gasteiger partial charge in [-0.25, -0.2) is 4.79 Å². The van der Waals surface area contributed by atoms with Crippen LogP contribution < -0.4 is 5.32 Å².